The average Bonchev–Trinajstić information content (AvgIpc) is 2.63. The Hall–Kier alpha value is -1.26. The van der Waals surface area contributed by atoms with Crippen LogP contribution in [0.25, 0.3) is 0 Å². The van der Waals surface area contributed by atoms with Crippen molar-refractivity contribution in [1.82, 2.24) is 0 Å². The molecule has 0 aliphatic carbocycles. The second-order valence-electron chi connectivity index (χ2n) is 9.24. The molecule has 0 fully saturated rings. The zero-order chi connectivity index (χ0) is 32.5. The molecule has 0 N–H and O–H groups in total. The number of Topliss-reactive ketones (excluding diaryl/α,β-unsaturated/α-hetero) is 1. The molecule has 23 heteroatoms. The Bertz CT molecular complexity index is 1040. The first-order valence-corrected chi connectivity index (χ1v) is 13.2. The van der Waals surface area contributed by atoms with Gasteiger partial charge in [0.15, 0.2) is 0 Å². The molecule has 0 radical (unpaired) electrons. The van der Waals surface area contributed by atoms with Gasteiger partial charge in [0.25, 0.3) is 0 Å². The summed E-state index contributed by atoms with van der Waals surface area (Å²) < 4.78 is 253. The predicted octanol–water partition coefficient (Wildman–Crippen LogP) is 6.89. The summed E-state index contributed by atoms with van der Waals surface area (Å²) in [6, 6.07) is 0. The van der Waals surface area contributed by atoms with E-state index in [0.717, 1.165) is 20.8 Å². The average molecular weight is 660 g/mol. The van der Waals surface area contributed by atoms with Crippen molar-refractivity contribution in [1.29, 1.82) is 0 Å². The maximum absolute atomic E-state index is 14.1. The molecule has 0 aromatic rings. The Balaban J connectivity index is 6.87. The smallest absolute Gasteiger partial charge is 0.298 e. The second kappa shape index (κ2) is 9.65. The second-order valence-corrected chi connectivity index (χ2v) is 14.4. The summed E-state index contributed by atoms with van der Waals surface area (Å²) in [7, 11) is -11.6. The molecule has 0 bridgehead atoms. The summed E-state index contributed by atoms with van der Waals surface area (Å²) in [5.74, 6) is -54.4. The van der Waals surface area contributed by atoms with E-state index in [-0.39, 0.29) is 0 Å². The van der Waals surface area contributed by atoms with Crippen LogP contribution >= 0.6 is 10.3 Å². The predicted molar refractivity (Wildman–Crippen MR) is 99.5 cm³/mol. The van der Waals surface area contributed by atoms with Crippen LogP contribution in [0.4, 0.5) is 74.6 Å². The van der Waals surface area contributed by atoms with Gasteiger partial charge in [-0.25, -0.2) is 3.63 Å². The lowest BCUT2D eigenvalue weighted by molar-refractivity contribution is -0.458. The van der Waals surface area contributed by atoms with Crippen molar-refractivity contribution >= 4 is 26.2 Å². The quantitative estimate of drug-likeness (QED) is 0.227. The first-order valence-electron chi connectivity index (χ1n) is 9.25. The van der Waals surface area contributed by atoms with Gasteiger partial charge in [0, 0.05) is 5.41 Å². The summed E-state index contributed by atoms with van der Waals surface area (Å²) in [6.45, 7) is 3.47. The topological polar surface area (TPSA) is 60.4 Å². The van der Waals surface area contributed by atoms with Gasteiger partial charge in [-0.3, -0.25) is 4.79 Å². The number of hydrogen-bond acceptors (Lipinski definition) is 4. The number of ketones is 1. The standard InChI is InChI=1S/C16H17F17O4S2/c1-8(2,3)7(34)6-38(4,5)37-39(35,36)16(32,33)14(27,28)12(23,24)10(19,20)9(17,18)11(21,22)13(25,26)15(29,30)31/h6H2,1-5H3. The first kappa shape index (κ1) is 37.7. The number of rotatable bonds is 11. The fourth-order valence-corrected chi connectivity index (χ4v) is 6.13. The Labute approximate surface area is 209 Å². The SMILES string of the molecule is CC(C)(C)C(=O)CS(C)(C)OS(=O)(=O)C(F)(F)C(F)(F)C(F)(F)C(F)(F)C(F)(F)C(F)(F)C(F)(F)C(F)(F)F. The zero-order valence-electron chi connectivity index (χ0n) is 19.6. The zero-order valence-corrected chi connectivity index (χ0v) is 21.2. The molecule has 236 valence electrons. The summed E-state index contributed by atoms with van der Waals surface area (Å²) >= 11 is 0. The third-order valence-corrected chi connectivity index (χ3v) is 8.63. The first-order chi connectivity index (χ1) is 16.3. The van der Waals surface area contributed by atoms with Gasteiger partial charge in [0.1, 0.15) is 5.78 Å². The van der Waals surface area contributed by atoms with Crippen LogP contribution in [0.5, 0.6) is 0 Å². The van der Waals surface area contributed by atoms with Crippen LogP contribution in [0, 0.1) is 5.41 Å². The van der Waals surface area contributed by atoms with Crippen LogP contribution in [0.15, 0.2) is 0 Å². The molecule has 0 rings (SSSR count). The highest BCUT2D eigenvalue weighted by molar-refractivity contribution is 8.32. The lowest BCUT2D eigenvalue weighted by Gasteiger charge is -2.42. The number of carbonyl (C=O) groups is 1. The minimum atomic E-state index is -8.93. The molecule has 0 saturated heterocycles. The molecular formula is C16H17F17O4S2. The normalized spacial score (nSPS) is 16.9. The lowest BCUT2D eigenvalue weighted by Crippen LogP contribution is -2.75. The van der Waals surface area contributed by atoms with E-state index >= 15 is 0 Å². The van der Waals surface area contributed by atoms with E-state index in [1.165, 1.54) is 0 Å². The molecule has 0 unspecified atom stereocenters. The number of alkyl halides is 17. The molecule has 39 heavy (non-hydrogen) atoms. The number of halogens is 17. The largest absolute Gasteiger partial charge is 0.460 e. The molecule has 0 amide bonds. The molecule has 0 saturated carbocycles. The Morgan fingerprint density at radius 3 is 1.13 bits per heavy atom. The van der Waals surface area contributed by atoms with Crippen LogP contribution in [0.2, 0.25) is 0 Å². The summed E-state index contributed by atoms with van der Waals surface area (Å²) in [5, 5.41) is -7.78. The van der Waals surface area contributed by atoms with Crippen LogP contribution in [-0.4, -0.2) is 79.4 Å². The number of carbonyl (C=O) groups excluding carboxylic acids is 1. The van der Waals surface area contributed by atoms with Gasteiger partial charge in [-0.2, -0.15) is 83.1 Å². The van der Waals surface area contributed by atoms with Gasteiger partial charge in [-0.15, -0.1) is 10.3 Å². The summed E-state index contributed by atoms with van der Waals surface area (Å²) in [5.41, 5.74) is -1.39. The molecule has 0 aromatic heterocycles. The van der Waals surface area contributed by atoms with E-state index in [2.05, 4.69) is 3.63 Å². The molecule has 0 aromatic carbocycles. The fraction of sp³-hybridized carbons (Fsp3) is 0.938. The highest BCUT2D eigenvalue weighted by atomic mass is 32.3. The van der Waals surface area contributed by atoms with Gasteiger partial charge in [-0.05, 0) is 12.5 Å². The highest BCUT2D eigenvalue weighted by Gasteiger charge is 2.96. The van der Waals surface area contributed by atoms with Gasteiger partial charge < -0.3 is 0 Å². The van der Waals surface area contributed by atoms with E-state index in [1.54, 1.807) is 0 Å². The van der Waals surface area contributed by atoms with E-state index in [4.69, 9.17) is 0 Å². The van der Waals surface area contributed by atoms with Crippen molar-refractivity contribution in [2.24, 2.45) is 5.41 Å². The highest BCUT2D eigenvalue weighted by Crippen LogP contribution is 2.65. The van der Waals surface area contributed by atoms with Crippen LogP contribution in [0.3, 0.4) is 0 Å². The van der Waals surface area contributed by atoms with Crippen LogP contribution < -0.4 is 0 Å². The Morgan fingerprint density at radius 1 is 0.564 bits per heavy atom. The van der Waals surface area contributed by atoms with Crippen molar-refractivity contribution in [3.05, 3.63) is 0 Å². The monoisotopic (exact) mass is 660 g/mol. The lowest BCUT2D eigenvalue weighted by atomic mass is 9.91. The van der Waals surface area contributed by atoms with Crippen molar-refractivity contribution in [3.63, 3.8) is 0 Å². The van der Waals surface area contributed by atoms with E-state index in [1.807, 2.05) is 0 Å². The van der Waals surface area contributed by atoms with E-state index in [9.17, 15) is 87.8 Å². The third-order valence-electron chi connectivity index (χ3n) is 4.60. The molecule has 0 spiro atoms. The maximum Gasteiger partial charge on any atom is 0.460 e. The minimum absolute atomic E-state index is 0.461. The van der Waals surface area contributed by atoms with Gasteiger partial charge in [0.05, 0.1) is 5.75 Å². The van der Waals surface area contributed by atoms with Gasteiger partial charge in [-0.1, -0.05) is 20.8 Å². The molecule has 0 aliphatic rings. The maximum atomic E-state index is 14.1. The van der Waals surface area contributed by atoms with Crippen LogP contribution in [-0.2, 0) is 18.5 Å². The summed E-state index contributed by atoms with van der Waals surface area (Å²) in [6.07, 6.45) is -6.99. The fourth-order valence-electron chi connectivity index (χ4n) is 2.15. The van der Waals surface area contributed by atoms with Crippen molar-refractivity contribution in [2.75, 3.05) is 18.3 Å². The molecule has 0 aliphatic heterocycles. The third kappa shape index (κ3) is 5.76. The molecular weight excluding hydrogens is 643 g/mol. The molecule has 0 heterocycles. The minimum Gasteiger partial charge on any atom is -0.298 e. The number of hydrogen-bond donors (Lipinski definition) is 0. The van der Waals surface area contributed by atoms with Crippen molar-refractivity contribution in [3.8, 4) is 0 Å². The molecule has 0 atom stereocenters. The Morgan fingerprint density at radius 2 is 0.846 bits per heavy atom. The van der Waals surface area contributed by atoms with Gasteiger partial charge >= 0.3 is 57.1 Å². The summed E-state index contributed by atoms with van der Waals surface area (Å²) in [4.78, 5) is 12.0. The van der Waals surface area contributed by atoms with Crippen molar-refractivity contribution in [2.45, 2.75) is 67.7 Å². The van der Waals surface area contributed by atoms with Gasteiger partial charge in [0.2, 0.25) is 0 Å². The van der Waals surface area contributed by atoms with Crippen LogP contribution in [0.1, 0.15) is 20.8 Å². The van der Waals surface area contributed by atoms with E-state index in [0.29, 0.717) is 12.5 Å². The Kier molecular flexibility index (Phi) is 9.34. The van der Waals surface area contributed by atoms with E-state index < -0.39 is 84.3 Å². The molecule has 4 nitrogen and oxygen atoms in total. The van der Waals surface area contributed by atoms with Crippen molar-refractivity contribution < 1.29 is 91.5 Å².